The van der Waals surface area contributed by atoms with Gasteiger partial charge in [-0.25, -0.2) is 4.39 Å². The number of para-hydroxylation sites is 2. The van der Waals surface area contributed by atoms with E-state index in [1.54, 1.807) is 0 Å². The quantitative estimate of drug-likeness (QED) is 0.169. The van der Waals surface area contributed by atoms with E-state index in [0.29, 0.717) is 0 Å². The van der Waals surface area contributed by atoms with Crippen LogP contribution in [0.4, 0.5) is 21.5 Å². The zero-order chi connectivity index (χ0) is 35.5. The van der Waals surface area contributed by atoms with E-state index in [-0.39, 0.29) is 11.2 Å². The fraction of sp³-hybridized carbons (Fsp3) is 0.0400. The predicted octanol–water partition coefficient (Wildman–Crippen LogP) is 13.4. The molecule has 0 N–H and O–H groups in total. The van der Waals surface area contributed by atoms with Crippen molar-refractivity contribution in [3.8, 4) is 27.9 Å². The van der Waals surface area contributed by atoms with Gasteiger partial charge in [-0.3, -0.25) is 0 Å². The second-order valence-electron chi connectivity index (χ2n) is 14.0. The summed E-state index contributed by atoms with van der Waals surface area (Å²) < 4.78 is 16.1. The van der Waals surface area contributed by atoms with Gasteiger partial charge in [0.25, 0.3) is 0 Å². The van der Waals surface area contributed by atoms with Gasteiger partial charge in [-0.1, -0.05) is 121 Å². The van der Waals surface area contributed by atoms with Crippen LogP contribution < -0.4 is 4.90 Å². The molecule has 0 spiro atoms. The average molecular weight is 683 g/mol. The zero-order valence-corrected chi connectivity index (χ0v) is 29.2. The molecule has 1 aliphatic rings. The summed E-state index contributed by atoms with van der Waals surface area (Å²) >= 11 is 0. The second kappa shape index (κ2) is 12.2. The Bertz CT molecular complexity index is 2730. The van der Waals surface area contributed by atoms with Crippen LogP contribution in [0.3, 0.4) is 0 Å². The molecule has 1 aromatic heterocycles. The molecule has 0 amide bonds. The number of nitrogens with zero attached hydrogens (tertiary/aromatic N) is 2. The Kier molecular flexibility index (Phi) is 7.16. The molecule has 0 saturated carbocycles. The molecule has 3 heteroatoms. The maximum Gasteiger partial charge on any atom is 0.123 e. The van der Waals surface area contributed by atoms with E-state index < -0.39 is 0 Å². The molecule has 0 fully saturated rings. The Labute approximate surface area is 308 Å². The van der Waals surface area contributed by atoms with Gasteiger partial charge in [-0.05, 0) is 119 Å². The predicted molar refractivity (Wildman–Crippen MR) is 218 cm³/mol. The molecule has 9 aromatic rings. The van der Waals surface area contributed by atoms with Crippen LogP contribution in [0.1, 0.15) is 23.6 Å². The maximum atomic E-state index is 13.7. The number of benzene rings is 8. The monoisotopic (exact) mass is 682 g/mol. The highest BCUT2D eigenvalue weighted by atomic mass is 19.1. The van der Waals surface area contributed by atoms with Crippen molar-refractivity contribution in [1.82, 2.24) is 4.57 Å². The van der Waals surface area contributed by atoms with E-state index in [1.807, 2.05) is 12.1 Å². The summed E-state index contributed by atoms with van der Waals surface area (Å²) in [7, 11) is 0. The highest BCUT2D eigenvalue weighted by Gasteiger charge is 2.40. The molecule has 0 atom stereocenters. The van der Waals surface area contributed by atoms with Crippen LogP contribution in [0.15, 0.2) is 194 Å². The minimum absolute atomic E-state index is 0.234. The summed E-state index contributed by atoms with van der Waals surface area (Å²) in [6, 6.07) is 68.0. The van der Waals surface area contributed by atoms with Crippen molar-refractivity contribution < 1.29 is 4.39 Å². The third-order valence-electron chi connectivity index (χ3n) is 11.2. The van der Waals surface area contributed by atoms with Crippen molar-refractivity contribution in [2.75, 3.05) is 4.90 Å². The van der Waals surface area contributed by atoms with E-state index in [4.69, 9.17) is 0 Å². The van der Waals surface area contributed by atoms with Gasteiger partial charge in [0.1, 0.15) is 5.82 Å². The molecule has 1 aliphatic carbocycles. The fourth-order valence-electron chi connectivity index (χ4n) is 8.56. The third-order valence-corrected chi connectivity index (χ3v) is 11.2. The summed E-state index contributed by atoms with van der Waals surface area (Å²) in [6.07, 6.45) is 0. The molecule has 0 aliphatic heterocycles. The lowest BCUT2D eigenvalue weighted by Gasteiger charge is -2.30. The first-order valence-electron chi connectivity index (χ1n) is 18.1. The van der Waals surface area contributed by atoms with Crippen LogP contribution >= 0.6 is 0 Å². The number of hydrogen-bond donors (Lipinski definition) is 0. The van der Waals surface area contributed by atoms with E-state index in [9.17, 15) is 4.39 Å². The second-order valence-corrected chi connectivity index (χ2v) is 14.0. The van der Waals surface area contributed by atoms with Gasteiger partial charge in [0.05, 0.1) is 11.0 Å². The summed E-state index contributed by atoms with van der Waals surface area (Å²) in [5, 5.41) is 2.40. The lowest BCUT2D eigenvalue weighted by atomic mass is 9.74. The number of halogens is 1. The Hall–Kier alpha value is -6.71. The fourth-order valence-corrected chi connectivity index (χ4v) is 8.56. The molecule has 2 nitrogen and oxygen atoms in total. The molecular weight excluding hydrogens is 648 g/mol. The van der Waals surface area contributed by atoms with Gasteiger partial charge < -0.3 is 9.47 Å². The lowest BCUT2D eigenvalue weighted by Crippen LogP contribution is -2.22. The average Bonchev–Trinajstić information content (AvgIpc) is 3.69. The van der Waals surface area contributed by atoms with Crippen LogP contribution in [-0.4, -0.2) is 4.57 Å². The highest BCUT2D eigenvalue weighted by molar-refractivity contribution is 6.10. The number of rotatable bonds is 6. The standard InChI is InChI=1S/C50H35FN2/c1-50(46-16-8-5-13-42(46)43-14-6-9-17-47(43)50)36-23-29-40(30-24-36)52(39-27-21-35(22-28-39)34-19-25-37(51)26-20-34)41-31-32-49-45(33-41)44-15-7-10-18-48(44)53(49)38-11-3-2-4-12-38/h2-33H,1H3. The molecule has 0 bridgehead atoms. The molecular formula is C50H35FN2. The van der Waals surface area contributed by atoms with E-state index in [1.165, 1.54) is 56.2 Å². The maximum absolute atomic E-state index is 13.7. The summed E-state index contributed by atoms with van der Waals surface area (Å²) in [5.74, 6) is -0.234. The van der Waals surface area contributed by atoms with Crippen molar-refractivity contribution >= 4 is 38.9 Å². The molecule has 0 saturated heterocycles. The van der Waals surface area contributed by atoms with Crippen molar-refractivity contribution in [2.24, 2.45) is 0 Å². The van der Waals surface area contributed by atoms with Gasteiger partial charge in [0.2, 0.25) is 0 Å². The van der Waals surface area contributed by atoms with Crippen LogP contribution in [0.5, 0.6) is 0 Å². The minimum Gasteiger partial charge on any atom is -0.310 e. The zero-order valence-electron chi connectivity index (χ0n) is 29.2. The highest BCUT2D eigenvalue weighted by Crippen LogP contribution is 2.52. The molecule has 0 unspecified atom stereocenters. The Morgan fingerprint density at radius 3 is 1.62 bits per heavy atom. The third kappa shape index (κ3) is 4.92. The van der Waals surface area contributed by atoms with Crippen LogP contribution in [0, 0.1) is 5.82 Å². The van der Waals surface area contributed by atoms with Crippen LogP contribution in [-0.2, 0) is 5.41 Å². The van der Waals surface area contributed by atoms with Crippen LogP contribution in [0.2, 0.25) is 0 Å². The van der Waals surface area contributed by atoms with Gasteiger partial charge in [-0.15, -0.1) is 0 Å². The number of fused-ring (bicyclic) bond motifs is 6. The minimum atomic E-state index is -0.272. The SMILES string of the molecule is CC1(c2ccc(N(c3ccc(-c4ccc(F)cc4)cc3)c3ccc4c(c3)c3ccccc3n4-c3ccccc3)cc2)c2ccccc2-c2ccccc21. The largest absolute Gasteiger partial charge is 0.310 e. The molecule has 53 heavy (non-hydrogen) atoms. The number of anilines is 3. The summed E-state index contributed by atoms with van der Waals surface area (Å²) in [5.41, 5.74) is 14.9. The lowest BCUT2D eigenvalue weighted by molar-refractivity contribution is 0.628. The Balaban J connectivity index is 1.13. The molecule has 10 rings (SSSR count). The summed E-state index contributed by atoms with van der Waals surface area (Å²) in [4.78, 5) is 2.34. The molecule has 8 aromatic carbocycles. The van der Waals surface area contributed by atoms with Crippen molar-refractivity contribution in [3.05, 3.63) is 217 Å². The van der Waals surface area contributed by atoms with Crippen molar-refractivity contribution in [2.45, 2.75) is 12.3 Å². The first kappa shape index (κ1) is 31.1. The normalized spacial score (nSPS) is 12.9. The van der Waals surface area contributed by atoms with Crippen LogP contribution in [0.25, 0.3) is 49.7 Å². The van der Waals surface area contributed by atoms with E-state index in [0.717, 1.165) is 39.4 Å². The van der Waals surface area contributed by atoms with Gasteiger partial charge in [0.15, 0.2) is 0 Å². The van der Waals surface area contributed by atoms with Crippen molar-refractivity contribution in [1.29, 1.82) is 0 Å². The van der Waals surface area contributed by atoms with E-state index >= 15 is 0 Å². The van der Waals surface area contributed by atoms with Gasteiger partial charge >= 0.3 is 0 Å². The number of aromatic nitrogens is 1. The topological polar surface area (TPSA) is 8.17 Å². The van der Waals surface area contributed by atoms with E-state index in [2.05, 4.69) is 186 Å². The van der Waals surface area contributed by atoms with Crippen molar-refractivity contribution in [3.63, 3.8) is 0 Å². The molecule has 0 radical (unpaired) electrons. The van der Waals surface area contributed by atoms with Gasteiger partial charge in [-0.2, -0.15) is 0 Å². The smallest absolute Gasteiger partial charge is 0.123 e. The Morgan fingerprint density at radius 2 is 0.962 bits per heavy atom. The molecule has 1 heterocycles. The first-order chi connectivity index (χ1) is 26.1. The first-order valence-corrected chi connectivity index (χ1v) is 18.1. The number of hydrogen-bond acceptors (Lipinski definition) is 1. The van der Waals surface area contributed by atoms with Gasteiger partial charge in [0, 0.05) is 38.9 Å². The summed E-state index contributed by atoms with van der Waals surface area (Å²) in [6.45, 7) is 2.36. The Morgan fingerprint density at radius 1 is 0.453 bits per heavy atom. The molecule has 252 valence electrons.